The van der Waals surface area contributed by atoms with Gasteiger partial charge in [-0.05, 0) is 0 Å². The molecule has 1 amide bonds. The predicted octanol–water partition coefficient (Wildman–Crippen LogP) is 0.275. The van der Waals surface area contributed by atoms with Gasteiger partial charge < -0.3 is 5.73 Å². The fourth-order valence-electron chi connectivity index (χ4n) is 1.54. The van der Waals surface area contributed by atoms with Crippen molar-refractivity contribution in [3.8, 4) is 6.07 Å². The van der Waals surface area contributed by atoms with Gasteiger partial charge in [-0.2, -0.15) is 10.2 Å². The number of halogens is 1. The van der Waals surface area contributed by atoms with Gasteiger partial charge in [-0.1, -0.05) is 0 Å². The molecular formula is C9H8ClN5O. The van der Waals surface area contributed by atoms with Crippen LogP contribution < -0.4 is 10.6 Å². The highest BCUT2D eigenvalue weighted by Gasteiger charge is 2.31. The number of aromatic nitrogens is 2. The first-order valence-electron chi connectivity index (χ1n) is 4.59. The third kappa shape index (κ3) is 1.77. The van der Waals surface area contributed by atoms with Gasteiger partial charge in [-0.25, -0.2) is 4.98 Å². The first-order valence-corrected chi connectivity index (χ1v) is 5.02. The summed E-state index contributed by atoms with van der Waals surface area (Å²) in [6, 6.07) is 1.92. The van der Waals surface area contributed by atoms with Crippen molar-refractivity contribution in [3.63, 3.8) is 0 Å². The number of hydrogen-bond donors (Lipinski definition) is 1. The van der Waals surface area contributed by atoms with Gasteiger partial charge in [0.1, 0.15) is 11.6 Å². The van der Waals surface area contributed by atoms with E-state index in [4.69, 9.17) is 22.6 Å². The molecule has 0 bridgehead atoms. The highest BCUT2D eigenvalue weighted by atomic mass is 35.5. The summed E-state index contributed by atoms with van der Waals surface area (Å²) in [5.74, 6) is 0.109. The van der Waals surface area contributed by atoms with Crippen molar-refractivity contribution in [2.75, 3.05) is 17.2 Å². The van der Waals surface area contributed by atoms with Gasteiger partial charge in [0.15, 0.2) is 5.82 Å². The Morgan fingerprint density at radius 3 is 3.00 bits per heavy atom. The van der Waals surface area contributed by atoms with Crippen LogP contribution in [0.2, 0.25) is 0 Å². The average Bonchev–Trinajstić information content (AvgIpc) is 2.57. The molecule has 1 saturated heterocycles. The Kier molecular flexibility index (Phi) is 2.62. The molecule has 1 unspecified atom stereocenters. The van der Waals surface area contributed by atoms with Gasteiger partial charge in [-0.15, -0.1) is 11.6 Å². The molecule has 16 heavy (non-hydrogen) atoms. The summed E-state index contributed by atoms with van der Waals surface area (Å²) in [6.07, 6.45) is 1.54. The second kappa shape index (κ2) is 3.94. The summed E-state index contributed by atoms with van der Waals surface area (Å²) < 4.78 is 0. The van der Waals surface area contributed by atoms with Crippen molar-refractivity contribution in [3.05, 3.63) is 11.8 Å². The Bertz CT molecular complexity index is 483. The van der Waals surface area contributed by atoms with E-state index in [1.165, 1.54) is 11.1 Å². The number of nitrogen functional groups attached to an aromatic ring is 1. The monoisotopic (exact) mass is 237 g/mol. The van der Waals surface area contributed by atoms with Crippen LogP contribution in [0.25, 0.3) is 0 Å². The summed E-state index contributed by atoms with van der Waals surface area (Å²) in [5.41, 5.74) is 5.64. The molecule has 2 N–H and O–H groups in total. The number of nitriles is 1. The van der Waals surface area contributed by atoms with Gasteiger partial charge in [0.05, 0.1) is 11.6 Å². The lowest BCUT2D eigenvalue weighted by Crippen LogP contribution is -2.27. The van der Waals surface area contributed by atoms with Crippen LogP contribution in [0, 0.1) is 11.3 Å². The Morgan fingerprint density at radius 2 is 2.44 bits per heavy atom. The molecule has 2 rings (SSSR count). The molecule has 7 heteroatoms. The van der Waals surface area contributed by atoms with Crippen molar-refractivity contribution >= 4 is 29.3 Å². The molecule has 1 aliphatic rings. The minimum Gasteiger partial charge on any atom is -0.368 e. The van der Waals surface area contributed by atoms with Crippen molar-refractivity contribution in [1.29, 1.82) is 5.26 Å². The van der Waals surface area contributed by atoms with E-state index in [-0.39, 0.29) is 35.0 Å². The molecule has 0 spiro atoms. The van der Waals surface area contributed by atoms with Crippen LogP contribution >= 0.6 is 11.6 Å². The Hall–Kier alpha value is -1.87. The van der Waals surface area contributed by atoms with Crippen LogP contribution in [0.3, 0.4) is 0 Å². The second-order valence-electron chi connectivity index (χ2n) is 3.38. The highest BCUT2D eigenvalue weighted by molar-refractivity contribution is 6.24. The van der Waals surface area contributed by atoms with Crippen molar-refractivity contribution in [1.82, 2.24) is 9.97 Å². The largest absolute Gasteiger partial charge is 0.368 e. The van der Waals surface area contributed by atoms with Crippen LogP contribution in [0.5, 0.6) is 0 Å². The fourth-order valence-corrected chi connectivity index (χ4v) is 1.81. The molecule has 1 fully saturated rings. The normalized spacial score (nSPS) is 19.9. The molecule has 0 saturated carbocycles. The minimum absolute atomic E-state index is 0.0276. The Labute approximate surface area is 96.6 Å². The lowest BCUT2D eigenvalue weighted by atomic mass is 10.3. The van der Waals surface area contributed by atoms with Crippen molar-refractivity contribution in [2.24, 2.45) is 0 Å². The maximum atomic E-state index is 11.6. The van der Waals surface area contributed by atoms with E-state index in [1.54, 1.807) is 0 Å². The van der Waals surface area contributed by atoms with Gasteiger partial charge in [0.2, 0.25) is 11.9 Å². The van der Waals surface area contributed by atoms with Gasteiger partial charge in [-0.3, -0.25) is 9.69 Å². The average molecular weight is 238 g/mol. The number of carbonyl (C=O) groups excluding carboxylic acids is 1. The number of amides is 1. The summed E-state index contributed by atoms with van der Waals surface area (Å²) in [5, 5.41) is 8.63. The molecule has 0 aliphatic carbocycles. The molecule has 1 aromatic rings. The lowest BCUT2D eigenvalue weighted by Gasteiger charge is -2.15. The van der Waals surface area contributed by atoms with Crippen LogP contribution in [0.15, 0.2) is 6.20 Å². The zero-order chi connectivity index (χ0) is 11.7. The topological polar surface area (TPSA) is 95.9 Å². The van der Waals surface area contributed by atoms with Crippen LogP contribution in [-0.2, 0) is 4.79 Å². The van der Waals surface area contributed by atoms with E-state index in [0.717, 1.165) is 0 Å². The minimum atomic E-state index is -0.254. The maximum Gasteiger partial charge on any atom is 0.229 e. The summed E-state index contributed by atoms with van der Waals surface area (Å²) in [7, 11) is 0. The van der Waals surface area contributed by atoms with Crippen molar-refractivity contribution < 1.29 is 4.79 Å². The summed E-state index contributed by atoms with van der Waals surface area (Å²) in [6.45, 7) is 0.339. The Morgan fingerprint density at radius 1 is 1.69 bits per heavy atom. The van der Waals surface area contributed by atoms with Gasteiger partial charge in [0, 0.05) is 13.0 Å². The standard InChI is InChI=1S/C9H8ClN5O/c10-6-1-7(16)15(4-6)8-5(2-11)3-13-9(12)14-8/h3,6H,1,4H2,(H2,12,13,14). The van der Waals surface area contributed by atoms with E-state index in [2.05, 4.69) is 9.97 Å². The van der Waals surface area contributed by atoms with Crippen LogP contribution in [0.1, 0.15) is 12.0 Å². The highest BCUT2D eigenvalue weighted by Crippen LogP contribution is 2.25. The van der Waals surface area contributed by atoms with E-state index in [1.807, 2.05) is 6.07 Å². The van der Waals surface area contributed by atoms with Gasteiger partial charge >= 0.3 is 0 Å². The molecule has 1 atom stereocenters. The number of nitrogens with zero attached hydrogens (tertiary/aromatic N) is 4. The number of anilines is 2. The molecular weight excluding hydrogens is 230 g/mol. The van der Waals surface area contributed by atoms with Gasteiger partial charge in [0.25, 0.3) is 0 Å². The van der Waals surface area contributed by atoms with E-state index < -0.39 is 0 Å². The van der Waals surface area contributed by atoms with E-state index in [9.17, 15) is 4.79 Å². The van der Waals surface area contributed by atoms with E-state index >= 15 is 0 Å². The number of alkyl halides is 1. The number of rotatable bonds is 1. The fraction of sp³-hybridized carbons (Fsp3) is 0.333. The van der Waals surface area contributed by atoms with E-state index in [0.29, 0.717) is 6.54 Å². The third-order valence-corrected chi connectivity index (χ3v) is 2.53. The maximum absolute atomic E-state index is 11.6. The zero-order valence-electron chi connectivity index (χ0n) is 8.22. The lowest BCUT2D eigenvalue weighted by molar-refractivity contribution is -0.117. The first kappa shape index (κ1) is 10.6. The Balaban J connectivity index is 2.44. The zero-order valence-corrected chi connectivity index (χ0v) is 8.98. The molecule has 6 nitrogen and oxygen atoms in total. The molecule has 1 aliphatic heterocycles. The molecule has 1 aromatic heterocycles. The quantitative estimate of drug-likeness (QED) is 0.708. The SMILES string of the molecule is N#Cc1cnc(N)nc1N1CC(Cl)CC1=O. The van der Waals surface area contributed by atoms with Crippen molar-refractivity contribution in [2.45, 2.75) is 11.8 Å². The third-order valence-electron chi connectivity index (χ3n) is 2.24. The molecule has 82 valence electrons. The number of nitrogens with two attached hydrogens (primary N) is 1. The first-order chi connectivity index (χ1) is 7.61. The molecule has 0 radical (unpaired) electrons. The molecule has 0 aromatic carbocycles. The predicted molar refractivity (Wildman–Crippen MR) is 57.8 cm³/mol. The number of carbonyl (C=O) groups is 1. The van der Waals surface area contributed by atoms with Crippen LogP contribution in [-0.4, -0.2) is 27.8 Å². The summed E-state index contributed by atoms with van der Waals surface area (Å²) >= 11 is 5.87. The number of hydrogen-bond acceptors (Lipinski definition) is 5. The second-order valence-corrected chi connectivity index (χ2v) is 4.00. The smallest absolute Gasteiger partial charge is 0.229 e. The van der Waals surface area contributed by atoms with Crippen LogP contribution in [0.4, 0.5) is 11.8 Å². The molecule has 2 heterocycles. The summed E-state index contributed by atoms with van der Waals surface area (Å²) in [4.78, 5) is 20.6.